The Morgan fingerprint density at radius 2 is 1.81 bits per heavy atom. The van der Waals surface area contributed by atoms with Crippen LogP contribution in [0.15, 0.2) is 47.3 Å². The fourth-order valence-corrected chi connectivity index (χ4v) is 3.47. The van der Waals surface area contributed by atoms with Crippen LogP contribution in [0.3, 0.4) is 0 Å². The average molecular weight is 298 g/mol. The van der Waals surface area contributed by atoms with Gasteiger partial charge in [-0.1, -0.05) is 31.9 Å². The molecule has 1 heterocycles. The van der Waals surface area contributed by atoms with Gasteiger partial charge in [-0.15, -0.1) is 11.3 Å². The van der Waals surface area contributed by atoms with Crippen molar-refractivity contribution in [2.45, 2.75) is 26.2 Å². The quantitative estimate of drug-likeness (QED) is 0.490. The Kier molecular flexibility index (Phi) is 4.20. The summed E-state index contributed by atoms with van der Waals surface area (Å²) in [4.78, 5) is 12.6. The molecule has 0 saturated heterocycles. The Bertz CT molecular complexity index is 820. The van der Waals surface area contributed by atoms with Crippen molar-refractivity contribution in [1.82, 2.24) is 0 Å². The van der Waals surface area contributed by atoms with Crippen LogP contribution in [0.1, 0.15) is 26.2 Å². The van der Waals surface area contributed by atoms with Gasteiger partial charge in [0.2, 0.25) is 0 Å². The van der Waals surface area contributed by atoms with Gasteiger partial charge in [0.25, 0.3) is 0 Å². The fourth-order valence-electron chi connectivity index (χ4n) is 2.41. The largest absolute Gasteiger partial charge is 0.494 e. The zero-order valence-corrected chi connectivity index (χ0v) is 12.9. The molecule has 0 unspecified atom stereocenters. The van der Waals surface area contributed by atoms with E-state index in [1.54, 1.807) is 11.3 Å². The molecule has 0 radical (unpaired) electrons. The van der Waals surface area contributed by atoms with E-state index in [4.69, 9.17) is 4.74 Å². The van der Waals surface area contributed by atoms with Crippen molar-refractivity contribution in [2.24, 2.45) is 0 Å². The van der Waals surface area contributed by atoms with Crippen LogP contribution in [0.4, 0.5) is 0 Å². The smallest absolute Gasteiger partial charge is 0.196 e. The first-order chi connectivity index (χ1) is 10.3. The predicted molar refractivity (Wildman–Crippen MR) is 90.6 cm³/mol. The molecule has 2 aromatic carbocycles. The molecule has 0 aliphatic rings. The van der Waals surface area contributed by atoms with Gasteiger partial charge >= 0.3 is 0 Å². The van der Waals surface area contributed by atoms with Crippen LogP contribution >= 0.6 is 11.3 Å². The van der Waals surface area contributed by atoms with Crippen molar-refractivity contribution in [3.05, 3.63) is 52.7 Å². The maximum absolute atomic E-state index is 12.6. The minimum absolute atomic E-state index is 0.0957. The van der Waals surface area contributed by atoms with E-state index in [-0.39, 0.29) is 5.43 Å². The van der Waals surface area contributed by atoms with Gasteiger partial charge in [-0.3, -0.25) is 4.79 Å². The predicted octanol–water partition coefficient (Wildman–Crippen LogP) is 4.98. The molecule has 21 heavy (non-hydrogen) atoms. The van der Waals surface area contributed by atoms with E-state index in [9.17, 15) is 4.79 Å². The highest BCUT2D eigenvalue weighted by molar-refractivity contribution is 7.24. The summed E-state index contributed by atoms with van der Waals surface area (Å²) in [5, 5.41) is 1.55. The second-order valence-electron chi connectivity index (χ2n) is 5.14. The summed E-state index contributed by atoms with van der Waals surface area (Å²) in [7, 11) is 0. The SMILES string of the molecule is CCCCCOc1ccc2sc3ccccc3c(=O)c2c1. The highest BCUT2D eigenvalue weighted by Crippen LogP contribution is 2.27. The van der Waals surface area contributed by atoms with Crippen LogP contribution in [0.25, 0.3) is 20.2 Å². The molecule has 0 fully saturated rings. The van der Waals surface area contributed by atoms with E-state index in [1.807, 2.05) is 42.5 Å². The Hall–Kier alpha value is -1.87. The minimum atomic E-state index is 0.0957. The summed E-state index contributed by atoms with van der Waals surface area (Å²) in [6.07, 6.45) is 3.41. The van der Waals surface area contributed by atoms with E-state index in [0.29, 0.717) is 6.61 Å². The number of fused-ring (bicyclic) bond motifs is 2. The number of unbranched alkanes of at least 4 members (excludes halogenated alkanes) is 2. The summed E-state index contributed by atoms with van der Waals surface area (Å²) in [6.45, 7) is 2.89. The first-order valence-electron chi connectivity index (χ1n) is 7.38. The zero-order valence-electron chi connectivity index (χ0n) is 12.1. The second kappa shape index (κ2) is 6.27. The molecule has 0 amide bonds. The van der Waals surface area contributed by atoms with Crippen LogP contribution in [0.2, 0.25) is 0 Å². The van der Waals surface area contributed by atoms with Crippen molar-refractivity contribution < 1.29 is 4.74 Å². The summed E-state index contributed by atoms with van der Waals surface area (Å²) < 4.78 is 7.80. The highest BCUT2D eigenvalue weighted by Gasteiger charge is 2.06. The molecule has 3 rings (SSSR count). The average Bonchev–Trinajstić information content (AvgIpc) is 2.52. The van der Waals surface area contributed by atoms with Gasteiger partial charge in [-0.05, 0) is 36.8 Å². The fraction of sp³-hybridized carbons (Fsp3) is 0.278. The molecular formula is C18H18O2S. The maximum Gasteiger partial charge on any atom is 0.196 e. The first-order valence-corrected chi connectivity index (χ1v) is 8.19. The third kappa shape index (κ3) is 2.93. The number of hydrogen-bond acceptors (Lipinski definition) is 3. The number of ether oxygens (including phenoxy) is 1. The third-order valence-electron chi connectivity index (χ3n) is 3.56. The molecule has 0 bridgehead atoms. The van der Waals surface area contributed by atoms with Crippen molar-refractivity contribution in [3.8, 4) is 5.75 Å². The molecule has 0 spiro atoms. The monoisotopic (exact) mass is 298 g/mol. The normalized spacial score (nSPS) is 11.1. The molecule has 2 nitrogen and oxygen atoms in total. The summed E-state index contributed by atoms with van der Waals surface area (Å²) in [5.74, 6) is 0.790. The molecule has 0 atom stereocenters. The van der Waals surface area contributed by atoms with E-state index < -0.39 is 0 Å². The molecule has 0 aliphatic carbocycles. The van der Waals surface area contributed by atoms with Crippen LogP contribution < -0.4 is 10.2 Å². The van der Waals surface area contributed by atoms with E-state index in [2.05, 4.69) is 6.92 Å². The van der Waals surface area contributed by atoms with Gasteiger partial charge in [0.1, 0.15) is 5.75 Å². The zero-order chi connectivity index (χ0) is 14.7. The lowest BCUT2D eigenvalue weighted by Crippen LogP contribution is -2.02. The topological polar surface area (TPSA) is 26.3 Å². The van der Waals surface area contributed by atoms with Gasteiger partial charge in [-0.2, -0.15) is 0 Å². The second-order valence-corrected chi connectivity index (χ2v) is 6.22. The lowest BCUT2D eigenvalue weighted by molar-refractivity contribution is 0.306. The number of rotatable bonds is 5. The lowest BCUT2D eigenvalue weighted by atomic mass is 10.2. The molecule has 3 heteroatoms. The standard InChI is InChI=1S/C18H18O2S/c1-2-3-6-11-20-13-9-10-17-15(12-13)18(19)14-7-4-5-8-16(14)21-17/h4-5,7-10,12H,2-3,6,11H2,1H3. The highest BCUT2D eigenvalue weighted by atomic mass is 32.1. The minimum Gasteiger partial charge on any atom is -0.494 e. The Labute approximate surface area is 128 Å². The molecule has 0 aliphatic heterocycles. The van der Waals surface area contributed by atoms with Gasteiger partial charge in [-0.25, -0.2) is 0 Å². The summed E-state index contributed by atoms with van der Waals surface area (Å²) >= 11 is 1.65. The van der Waals surface area contributed by atoms with Crippen molar-refractivity contribution in [3.63, 3.8) is 0 Å². The van der Waals surface area contributed by atoms with Crippen LogP contribution in [0, 0.1) is 0 Å². The van der Waals surface area contributed by atoms with E-state index >= 15 is 0 Å². The van der Waals surface area contributed by atoms with Crippen molar-refractivity contribution in [1.29, 1.82) is 0 Å². The van der Waals surface area contributed by atoms with Crippen molar-refractivity contribution >= 4 is 31.5 Å². The van der Waals surface area contributed by atoms with Gasteiger partial charge in [0, 0.05) is 20.2 Å². The molecule has 1 aromatic heterocycles. The van der Waals surface area contributed by atoms with E-state index in [0.717, 1.165) is 32.3 Å². The van der Waals surface area contributed by atoms with Crippen LogP contribution in [-0.2, 0) is 0 Å². The number of hydrogen-bond donors (Lipinski definition) is 0. The number of benzene rings is 2. The molecule has 0 saturated carbocycles. The summed E-state index contributed by atoms with van der Waals surface area (Å²) in [6, 6.07) is 13.6. The van der Waals surface area contributed by atoms with Crippen molar-refractivity contribution in [2.75, 3.05) is 6.61 Å². The van der Waals surface area contributed by atoms with Gasteiger partial charge < -0.3 is 4.74 Å². The third-order valence-corrected chi connectivity index (χ3v) is 4.72. The Morgan fingerprint density at radius 3 is 2.67 bits per heavy atom. The lowest BCUT2D eigenvalue weighted by Gasteiger charge is -2.07. The molecular weight excluding hydrogens is 280 g/mol. The molecule has 108 valence electrons. The first kappa shape index (κ1) is 14.1. The Morgan fingerprint density at radius 1 is 1.00 bits per heavy atom. The Balaban J connectivity index is 1.99. The van der Waals surface area contributed by atoms with Crippen LogP contribution in [-0.4, -0.2) is 6.61 Å². The van der Waals surface area contributed by atoms with E-state index in [1.165, 1.54) is 12.8 Å². The van der Waals surface area contributed by atoms with Crippen LogP contribution in [0.5, 0.6) is 5.75 Å². The molecule has 0 N–H and O–H groups in total. The molecule has 3 aromatic rings. The van der Waals surface area contributed by atoms with Gasteiger partial charge in [0.15, 0.2) is 5.43 Å². The summed E-state index contributed by atoms with van der Waals surface area (Å²) in [5.41, 5.74) is 0.0957. The maximum atomic E-state index is 12.6. The van der Waals surface area contributed by atoms with Gasteiger partial charge in [0.05, 0.1) is 6.61 Å².